The molecule has 34 heavy (non-hydrogen) atoms. The first-order valence-electron chi connectivity index (χ1n) is 11.0. The first-order valence-corrected chi connectivity index (χ1v) is 11.0. The minimum atomic E-state index is -0.878. The van der Waals surface area contributed by atoms with Gasteiger partial charge in [0.25, 0.3) is 0 Å². The van der Waals surface area contributed by atoms with Crippen LogP contribution in [-0.4, -0.2) is 18.3 Å². The van der Waals surface area contributed by atoms with Crippen LogP contribution in [0.15, 0.2) is 86.1 Å². The summed E-state index contributed by atoms with van der Waals surface area (Å²) in [5.74, 6) is -2.50. The SMILES string of the molecule is C=C.C=C(/C=C(/F)C(=C)OCc1ccc(-c2ccc(C3CCC(O)CC3)c(F)c2F)cc1)OC. The number of allylic oxidation sites excluding steroid dienone is 2. The van der Waals surface area contributed by atoms with Gasteiger partial charge in [0.2, 0.25) is 0 Å². The number of ether oxygens (including phenoxy) is 2. The average molecular weight is 473 g/mol. The van der Waals surface area contributed by atoms with Gasteiger partial charge in [-0.2, -0.15) is 0 Å². The minimum Gasteiger partial charge on any atom is -0.497 e. The second-order valence-electron chi connectivity index (χ2n) is 7.91. The maximum atomic E-state index is 14.8. The third kappa shape index (κ3) is 6.87. The molecule has 0 radical (unpaired) electrons. The molecule has 182 valence electrons. The zero-order chi connectivity index (χ0) is 25.3. The zero-order valence-electron chi connectivity index (χ0n) is 19.5. The van der Waals surface area contributed by atoms with E-state index in [2.05, 4.69) is 26.3 Å². The Balaban J connectivity index is 0.00000199. The molecule has 0 amide bonds. The van der Waals surface area contributed by atoms with Crippen LogP contribution in [0.5, 0.6) is 0 Å². The van der Waals surface area contributed by atoms with Crippen molar-refractivity contribution in [1.29, 1.82) is 0 Å². The van der Waals surface area contributed by atoms with Crippen molar-refractivity contribution >= 4 is 0 Å². The maximum absolute atomic E-state index is 14.8. The number of rotatable bonds is 8. The first kappa shape index (κ1) is 27.0. The Morgan fingerprint density at radius 1 is 1.00 bits per heavy atom. The Morgan fingerprint density at radius 2 is 1.62 bits per heavy atom. The molecule has 0 saturated heterocycles. The number of aliphatic hydroxyl groups excluding tert-OH is 1. The van der Waals surface area contributed by atoms with Crippen LogP contribution in [-0.2, 0) is 16.1 Å². The van der Waals surface area contributed by atoms with Crippen molar-refractivity contribution in [2.45, 2.75) is 44.3 Å². The number of hydrogen-bond donors (Lipinski definition) is 1. The second kappa shape index (κ2) is 12.8. The highest BCUT2D eigenvalue weighted by atomic mass is 19.2. The molecule has 0 bridgehead atoms. The van der Waals surface area contributed by atoms with Gasteiger partial charge in [-0.05, 0) is 48.3 Å². The lowest BCUT2D eigenvalue weighted by molar-refractivity contribution is 0.122. The number of hydrogen-bond acceptors (Lipinski definition) is 3. The van der Waals surface area contributed by atoms with Crippen molar-refractivity contribution in [2.24, 2.45) is 0 Å². The van der Waals surface area contributed by atoms with Crippen molar-refractivity contribution in [1.82, 2.24) is 0 Å². The molecule has 3 nitrogen and oxygen atoms in total. The van der Waals surface area contributed by atoms with E-state index in [0.717, 1.165) is 6.08 Å². The topological polar surface area (TPSA) is 38.7 Å². The molecule has 0 aromatic heterocycles. The Kier molecular flexibility index (Phi) is 10.2. The molecule has 0 heterocycles. The normalized spacial score (nSPS) is 17.9. The highest BCUT2D eigenvalue weighted by molar-refractivity contribution is 5.65. The number of benzene rings is 2. The summed E-state index contributed by atoms with van der Waals surface area (Å²) < 4.78 is 53.6. The number of methoxy groups -OCH3 is 1. The summed E-state index contributed by atoms with van der Waals surface area (Å²) in [7, 11) is 1.38. The van der Waals surface area contributed by atoms with Crippen LogP contribution in [0.4, 0.5) is 13.2 Å². The van der Waals surface area contributed by atoms with Gasteiger partial charge in [-0.1, -0.05) is 49.6 Å². The Morgan fingerprint density at radius 3 is 2.21 bits per heavy atom. The monoisotopic (exact) mass is 472 g/mol. The van der Waals surface area contributed by atoms with Gasteiger partial charge in [-0.25, -0.2) is 13.2 Å². The van der Waals surface area contributed by atoms with Gasteiger partial charge in [0.1, 0.15) is 18.1 Å². The van der Waals surface area contributed by atoms with Crippen molar-refractivity contribution < 1.29 is 27.8 Å². The predicted octanol–water partition coefficient (Wildman–Crippen LogP) is 7.50. The van der Waals surface area contributed by atoms with E-state index >= 15 is 0 Å². The summed E-state index contributed by atoms with van der Waals surface area (Å²) in [6.07, 6.45) is 3.21. The van der Waals surface area contributed by atoms with Crippen molar-refractivity contribution in [3.8, 4) is 11.1 Å². The Labute approximate surface area is 199 Å². The van der Waals surface area contributed by atoms with Gasteiger partial charge in [0, 0.05) is 11.6 Å². The summed E-state index contributed by atoms with van der Waals surface area (Å²) in [6, 6.07) is 9.96. The lowest BCUT2D eigenvalue weighted by atomic mass is 9.82. The van der Waals surface area contributed by atoms with Crippen LogP contribution in [0.25, 0.3) is 11.1 Å². The standard InChI is InChI=1S/C26H27F3O3.C2H4/c1-16(31-3)14-24(27)17(2)32-15-18-4-6-19(7-5-18)22-12-13-23(26(29)25(22)28)20-8-10-21(30)11-9-20;1-2/h4-7,12-14,20-21,30H,1-2,8-11,15H2,3H3;1-2H2/b24-14+;. The van der Waals surface area contributed by atoms with E-state index < -0.39 is 17.5 Å². The molecule has 1 fully saturated rings. The van der Waals surface area contributed by atoms with E-state index in [0.29, 0.717) is 42.4 Å². The molecule has 0 spiro atoms. The lowest BCUT2D eigenvalue weighted by Gasteiger charge is -2.26. The quantitative estimate of drug-likeness (QED) is 0.246. The van der Waals surface area contributed by atoms with Crippen LogP contribution in [0.1, 0.15) is 42.7 Å². The van der Waals surface area contributed by atoms with Gasteiger partial charge in [0.15, 0.2) is 17.5 Å². The van der Waals surface area contributed by atoms with Gasteiger partial charge in [0.05, 0.1) is 13.2 Å². The smallest absolute Gasteiger partial charge is 0.168 e. The van der Waals surface area contributed by atoms with E-state index in [1.54, 1.807) is 36.4 Å². The van der Waals surface area contributed by atoms with Crippen LogP contribution >= 0.6 is 0 Å². The largest absolute Gasteiger partial charge is 0.497 e. The van der Waals surface area contributed by atoms with E-state index in [1.807, 2.05) is 0 Å². The highest BCUT2D eigenvalue weighted by Gasteiger charge is 2.25. The average Bonchev–Trinajstić information content (AvgIpc) is 2.86. The number of halogens is 3. The highest BCUT2D eigenvalue weighted by Crippen LogP contribution is 2.37. The zero-order valence-corrected chi connectivity index (χ0v) is 19.5. The minimum absolute atomic E-state index is 0.0587. The molecule has 1 aliphatic carbocycles. The second-order valence-corrected chi connectivity index (χ2v) is 7.91. The molecule has 0 unspecified atom stereocenters. The fraction of sp³-hybridized carbons (Fsp3) is 0.286. The van der Waals surface area contributed by atoms with E-state index in [-0.39, 0.29) is 35.7 Å². The molecular weight excluding hydrogens is 441 g/mol. The Bertz CT molecular complexity index is 1020. The lowest BCUT2D eigenvalue weighted by Crippen LogP contribution is -2.18. The van der Waals surface area contributed by atoms with Crippen molar-refractivity contribution in [3.63, 3.8) is 0 Å². The van der Waals surface area contributed by atoms with Gasteiger partial charge in [-0.3, -0.25) is 0 Å². The van der Waals surface area contributed by atoms with Crippen LogP contribution < -0.4 is 0 Å². The molecule has 1 saturated carbocycles. The molecule has 0 aliphatic heterocycles. The van der Waals surface area contributed by atoms with Gasteiger partial charge < -0.3 is 14.6 Å². The van der Waals surface area contributed by atoms with Crippen molar-refractivity contribution in [3.05, 3.63) is 109 Å². The third-order valence-electron chi connectivity index (χ3n) is 5.74. The van der Waals surface area contributed by atoms with E-state index in [9.17, 15) is 18.3 Å². The number of aliphatic hydroxyl groups is 1. The first-order chi connectivity index (χ1) is 16.3. The van der Waals surface area contributed by atoms with Gasteiger partial charge in [-0.15, -0.1) is 13.2 Å². The van der Waals surface area contributed by atoms with Crippen molar-refractivity contribution in [2.75, 3.05) is 7.11 Å². The Hall–Kier alpha value is -3.25. The summed E-state index contributed by atoms with van der Waals surface area (Å²) in [5.41, 5.74) is 1.78. The molecule has 1 N–H and O–H groups in total. The molecule has 2 aromatic carbocycles. The fourth-order valence-corrected chi connectivity index (χ4v) is 3.79. The van der Waals surface area contributed by atoms with Gasteiger partial charge >= 0.3 is 0 Å². The summed E-state index contributed by atoms with van der Waals surface area (Å²) in [5, 5.41) is 9.64. The van der Waals surface area contributed by atoms with Crippen LogP contribution in [0.3, 0.4) is 0 Å². The molecule has 6 heteroatoms. The van der Waals surface area contributed by atoms with E-state index in [4.69, 9.17) is 9.47 Å². The molecule has 0 atom stereocenters. The van der Waals surface area contributed by atoms with E-state index in [1.165, 1.54) is 7.11 Å². The molecule has 3 rings (SSSR count). The summed E-state index contributed by atoms with van der Waals surface area (Å²) in [6.45, 7) is 13.1. The van der Waals surface area contributed by atoms with Crippen LogP contribution in [0.2, 0.25) is 0 Å². The van der Waals surface area contributed by atoms with Crippen LogP contribution in [0, 0.1) is 11.6 Å². The predicted molar refractivity (Wildman–Crippen MR) is 130 cm³/mol. The molecule has 1 aliphatic rings. The summed E-state index contributed by atoms with van der Waals surface area (Å²) >= 11 is 0. The molecule has 2 aromatic rings. The maximum Gasteiger partial charge on any atom is 0.168 e. The summed E-state index contributed by atoms with van der Waals surface area (Å²) in [4.78, 5) is 0. The third-order valence-corrected chi connectivity index (χ3v) is 5.74. The fourth-order valence-electron chi connectivity index (χ4n) is 3.79. The molecular formula is C28H31F3O3.